The largest absolute Gasteiger partial charge is 0.484 e. The fourth-order valence-corrected chi connectivity index (χ4v) is 2.10. The SMILES string of the molecule is CCCNCc1coc(COc2cc(F)ccc2Br)c1. The fraction of sp³-hybridized carbons (Fsp3) is 0.333. The number of rotatable bonds is 7. The van der Waals surface area contributed by atoms with Crippen molar-refractivity contribution in [3.8, 4) is 5.75 Å². The Balaban J connectivity index is 1.89. The van der Waals surface area contributed by atoms with E-state index in [9.17, 15) is 4.39 Å². The first-order valence-electron chi connectivity index (χ1n) is 6.54. The molecule has 0 spiro atoms. The van der Waals surface area contributed by atoms with Crippen LogP contribution in [0.1, 0.15) is 24.7 Å². The number of furan rings is 1. The second kappa shape index (κ2) is 7.45. The lowest BCUT2D eigenvalue weighted by Gasteiger charge is -2.06. The Hall–Kier alpha value is -1.33. The molecule has 5 heteroatoms. The van der Waals surface area contributed by atoms with Crippen molar-refractivity contribution in [1.82, 2.24) is 5.32 Å². The lowest BCUT2D eigenvalue weighted by Crippen LogP contribution is -2.13. The van der Waals surface area contributed by atoms with E-state index in [1.807, 2.05) is 6.07 Å². The van der Waals surface area contributed by atoms with E-state index in [4.69, 9.17) is 9.15 Å². The first-order valence-corrected chi connectivity index (χ1v) is 7.33. The van der Waals surface area contributed by atoms with E-state index >= 15 is 0 Å². The van der Waals surface area contributed by atoms with Gasteiger partial charge in [0.15, 0.2) is 0 Å². The third-order valence-corrected chi connectivity index (χ3v) is 3.38. The van der Waals surface area contributed by atoms with Gasteiger partial charge in [0.05, 0.1) is 10.7 Å². The summed E-state index contributed by atoms with van der Waals surface area (Å²) in [5.74, 6) is 0.855. The van der Waals surface area contributed by atoms with Crippen molar-refractivity contribution in [2.24, 2.45) is 0 Å². The average molecular weight is 342 g/mol. The van der Waals surface area contributed by atoms with Crippen molar-refractivity contribution >= 4 is 15.9 Å². The van der Waals surface area contributed by atoms with Crippen LogP contribution >= 0.6 is 15.9 Å². The highest BCUT2D eigenvalue weighted by Gasteiger charge is 2.06. The molecule has 0 amide bonds. The Morgan fingerprint density at radius 1 is 1.35 bits per heavy atom. The molecule has 0 unspecified atom stereocenters. The maximum absolute atomic E-state index is 13.1. The van der Waals surface area contributed by atoms with E-state index in [2.05, 4.69) is 28.2 Å². The van der Waals surface area contributed by atoms with Crippen molar-refractivity contribution in [2.45, 2.75) is 26.5 Å². The van der Waals surface area contributed by atoms with Gasteiger partial charge in [0.2, 0.25) is 0 Å². The van der Waals surface area contributed by atoms with Crippen LogP contribution in [-0.2, 0) is 13.2 Å². The van der Waals surface area contributed by atoms with Crippen molar-refractivity contribution in [3.63, 3.8) is 0 Å². The highest BCUT2D eigenvalue weighted by atomic mass is 79.9. The normalized spacial score (nSPS) is 10.8. The third kappa shape index (κ3) is 4.35. The predicted molar refractivity (Wildman–Crippen MR) is 79.1 cm³/mol. The highest BCUT2D eigenvalue weighted by Crippen LogP contribution is 2.26. The zero-order valence-electron chi connectivity index (χ0n) is 11.3. The zero-order valence-corrected chi connectivity index (χ0v) is 12.9. The summed E-state index contributed by atoms with van der Waals surface area (Å²) >= 11 is 3.32. The van der Waals surface area contributed by atoms with Crippen molar-refractivity contribution < 1.29 is 13.5 Å². The molecular weight excluding hydrogens is 325 g/mol. The molecule has 0 bridgehead atoms. The van der Waals surface area contributed by atoms with E-state index in [0.29, 0.717) is 5.75 Å². The molecule has 2 aromatic rings. The Morgan fingerprint density at radius 2 is 2.20 bits per heavy atom. The van der Waals surface area contributed by atoms with Gasteiger partial charge in [-0.05, 0) is 47.1 Å². The summed E-state index contributed by atoms with van der Waals surface area (Å²) in [4.78, 5) is 0. The highest BCUT2D eigenvalue weighted by molar-refractivity contribution is 9.10. The molecule has 0 aliphatic rings. The van der Waals surface area contributed by atoms with Gasteiger partial charge in [-0.25, -0.2) is 4.39 Å². The van der Waals surface area contributed by atoms with Gasteiger partial charge in [-0.2, -0.15) is 0 Å². The van der Waals surface area contributed by atoms with E-state index < -0.39 is 0 Å². The van der Waals surface area contributed by atoms with Gasteiger partial charge in [-0.15, -0.1) is 0 Å². The fourth-order valence-electron chi connectivity index (χ4n) is 1.74. The van der Waals surface area contributed by atoms with Crippen LogP contribution in [0.25, 0.3) is 0 Å². The van der Waals surface area contributed by atoms with Crippen LogP contribution in [0, 0.1) is 5.82 Å². The summed E-state index contributed by atoms with van der Waals surface area (Å²) in [6.07, 6.45) is 2.81. The molecule has 108 valence electrons. The van der Waals surface area contributed by atoms with E-state index in [1.165, 1.54) is 12.1 Å². The summed E-state index contributed by atoms with van der Waals surface area (Å²) in [6, 6.07) is 6.28. The third-order valence-electron chi connectivity index (χ3n) is 2.73. The summed E-state index contributed by atoms with van der Waals surface area (Å²) in [5, 5.41) is 3.30. The Morgan fingerprint density at radius 3 is 3.00 bits per heavy atom. The monoisotopic (exact) mass is 341 g/mol. The topological polar surface area (TPSA) is 34.4 Å². The Kier molecular flexibility index (Phi) is 5.61. The number of benzene rings is 1. The van der Waals surface area contributed by atoms with E-state index in [-0.39, 0.29) is 12.4 Å². The second-order valence-electron chi connectivity index (χ2n) is 4.46. The van der Waals surface area contributed by atoms with Crippen LogP contribution < -0.4 is 10.1 Å². The Labute approximate surface area is 126 Å². The smallest absolute Gasteiger partial charge is 0.146 e. The minimum Gasteiger partial charge on any atom is -0.484 e. The van der Waals surface area contributed by atoms with Crippen molar-refractivity contribution in [1.29, 1.82) is 0 Å². The molecule has 1 heterocycles. The second-order valence-corrected chi connectivity index (χ2v) is 5.32. The molecule has 0 saturated carbocycles. The minimum atomic E-state index is -0.327. The molecule has 20 heavy (non-hydrogen) atoms. The van der Waals surface area contributed by atoms with E-state index in [1.54, 1.807) is 12.3 Å². The average Bonchev–Trinajstić information content (AvgIpc) is 2.88. The Bertz CT molecular complexity index is 557. The summed E-state index contributed by atoms with van der Waals surface area (Å²) in [5.41, 5.74) is 1.08. The molecule has 0 atom stereocenters. The zero-order chi connectivity index (χ0) is 14.4. The molecule has 1 N–H and O–H groups in total. The number of hydrogen-bond acceptors (Lipinski definition) is 3. The van der Waals surface area contributed by atoms with Gasteiger partial charge >= 0.3 is 0 Å². The molecule has 1 aromatic heterocycles. The number of halogens is 2. The number of ether oxygens (including phenoxy) is 1. The van der Waals surface area contributed by atoms with Crippen LogP contribution in [0.5, 0.6) is 5.75 Å². The predicted octanol–water partition coefficient (Wildman–Crippen LogP) is 4.26. The van der Waals surface area contributed by atoms with Gasteiger partial charge < -0.3 is 14.5 Å². The molecule has 2 rings (SSSR count). The molecule has 1 aromatic carbocycles. The molecule has 0 fully saturated rings. The lowest BCUT2D eigenvalue weighted by atomic mass is 10.3. The van der Waals surface area contributed by atoms with Crippen LogP contribution in [0.2, 0.25) is 0 Å². The van der Waals surface area contributed by atoms with Crippen LogP contribution in [0.4, 0.5) is 4.39 Å². The summed E-state index contributed by atoms with van der Waals surface area (Å²) in [7, 11) is 0. The first-order chi connectivity index (χ1) is 9.69. The number of hydrogen-bond donors (Lipinski definition) is 1. The standard InChI is InChI=1S/C15H17BrFNO2/c1-2-5-18-8-11-6-13(19-9-11)10-20-15-7-12(17)3-4-14(15)16/h3-4,6-7,9,18H,2,5,8,10H2,1H3. The van der Waals surface area contributed by atoms with E-state index in [0.717, 1.165) is 35.3 Å². The van der Waals surface area contributed by atoms with Crippen LogP contribution in [0.15, 0.2) is 39.4 Å². The summed E-state index contributed by atoms with van der Waals surface area (Å²) in [6.45, 7) is 4.16. The quantitative estimate of drug-likeness (QED) is 0.764. The lowest BCUT2D eigenvalue weighted by molar-refractivity contribution is 0.267. The molecule has 0 aliphatic heterocycles. The minimum absolute atomic E-state index is 0.274. The number of nitrogens with one attached hydrogen (secondary N) is 1. The van der Waals surface area contributed by atoms with Gasteiger partial charge in [-0.3, -0.25) is 0 Å². The molecular formula is C15H17BrFNO2. The molecule has 0 saturated heterocycles. The molecule has 3 nitrogen and oxygen atoms in total. The maximum Gasteiger partial charge on any atom is 0.146 e. The van der Waals surface area contributed by atoms with Gasteiger partial charge in [-0.1, -0.05) is 6.92 Å². The van der Waals surface area contributed by atoms with Crippen LogP contribution in [-0.4, -0.2) is 6.54 Å². The van der Waals surface area contributed by atoms with Crippen molar-refractivity contribution in [2.75, 3.05) is 6.54 Å². The summed E-state index contributed by atoms with van der Waals surface area (Å²) < 4.78 is 24.8. The molecule has 0 radical (unpaired) electrons. The first kappa shape index (κ1) is 15.1. The maximum atomic E-state index is 13.1. The molecule has 0 aliphatic carbocycles. The van der Waals surface area contributed by atoms with Gasteiger partial charge in [0.25, 0.3) is 0 Å². The van der Waals surface area contributed by atoms with Crippen molar-refractivity contribution in [3.05, 3.63) is 52.1 Å². The van der Waals surface area contributed by atoms with Crippen LogP contribution in [0.3, 0.4) is 0 Å². The van der Waals surface area contributed by atoms with Gasteiger partial charge in [0.1, 0.15) is 23.9 Å². The van der Waals surface area contributed by atoms with Gasteiger partial charge in [0, 0.05) is 18.2 Å².